The highest BCUT2D eigenvalue weighted by molar-refractivity contribution is 6.46. The third-order valence-electron chi connectivity index (χ3n) is 4.01. The first-order valence-electron chi connectivity index (χ1n) is 7.55. The lowest BCUT2D eigenvalue weighted by molar-refractivity contribution is -0.136. The van der Waals surface area contributed by atoms with E-state index >= 15 is 0 Å². The van der Waals surface area contributed by atoms with Gasteiger partial charge in [0.1, 0.15) is 12.0 Å². The van der Waals surface area contributed by atoms with Crippen molar-refractivity contribution in [3.8, 4) is 0 Å². The van der Waals surface area contributed by atoms with E-state index in [0.29, 0.717) is 5.69 Å². The van der Waals surface area contributed by atoms with Gasteiger partial charge in [0.2, 0.25) is 5.91 Å². The van der Waals surface area contributed by atoms with Gasteiger partial charge < -0.3 is 4.74 Å². The van der Waals surface area contributed by atoms with Gasteiger partial charge in [0.15, 0.2) is 5.71 Å². The van der Waals surface area contributed by atoms with E-state index in [9.17, 15) is 14.4 Å². The third-order valence-corrected chi connectivity index (χ3v) is 4.01. The lowest BCUT2D eigenvalue weighted by Crippen LogP contribution is -2.36. The summed E-state index contributed by atoms with van der Waals surface area (Å²) in [5.41, 5.74) is 4.15. The minimum absolute atomic E-state index is 0.0390. The second-order valence-corrected chi connectivity index (χ2v) is 5.33. The van der Waals surface area contributed by atoms with Gasteiger partial charge in [0.25, 0.3) is 5.91 Å². The zero-order chi connectivity index (χ0) is 16.6. The number of hydrazone groups is 1. The summed E-state index contributed by atoms with van der Waals surface area (Å²) in [7, 11) is 0. The molecule has 2 aliphatic rings. The van der Waals surface area contributed by atoms with Gasteiger partial charge in [-0.05, 0) is 31.0 Å². The zero-order valence-corrected chi connectivity index (χ0v) is 12.9. The van der Waals surface area contributed by atoms with Crippen LogP contribution < -0.4 is 10.3 Å². The van der Waals surface area contributed by atoms with Gasteiger partial charge in [-0.15, -0.1) is 0 Å². The monoisotopic (exact) mass is 315 g/mol. The summed E-state index contributed by atoms with van der Waals surface area (Å²) in [6.45, 7) is 3.87. The highest BCUT2D eigenvalue weighted by atomic mass is 16.5. The van der Waals surface area contributed by atoms with E-state index in [4.69, 9.17) is 4.74 Å². The minimum Gasteiger partial charge on any atom is -0.461 e. The number of aryl methyl sites for hydroxylation is 1. The van der Waals surface area contributed by atoms with Gasteiger partial charge in [-0.1, -0.05) is 19.1 Å². The van der Waals surface area contributed by atoms with Crippen LogP contribution in [0.3, 0.4) is 0 Å². The molecule has 3 rings (SSSR count). The number of anilines is 1. The van der Waals surface area contributed by atoms with Crippen LogP contribution in [-0.2, 0) is 25.5 Å². The van der Waals surface area contributed by atoms with E-state index in [0.717, 1.165) is 16.9 Å². The number of carbonyl (C=O) groups is 3. The van der Waals surface area contributed by atoms with Crippen LogP contribution in [0.1, 0.15) is 19.4 Å². The van der Waals surface area contributed by atoms with Crippen LogP contribution in [0.4, 0.5) is 5.69 Å². The molecule has 0 radical (unpaired) electrons. The Balaban J connectivity index is 1.88. The Labute approximate surface area is 133 Å². The number of nitrogens with one attached hydrogen (secondary N) is 1. The molecule has 0 aliphatic carbocycles. The van der Waals surface area contributed by atoms with Crippen LogP contribution in [0.25, 0.3) is 0 Å². The molecule has 1 aromatic carbocycles. The summed E-state index contributed by atoms with van der Waals surface area (Å²) in [4.78, 5) is 38.1. The Bertz CT molecular complexity index is 696. The number of hydrogen-bond acceptors (Lipinski definition) is 6. The molecule has 0 aromatic heterocycles. The fourth-order valence-electron chi connectivity index (χ4n) is 2.80. The Morgan fingerprint density at radius 1 is 1.22 bits per heavy atom. The summed E-state index contributed by atoms with van der Waals surface area (Å²) in [6.07, 6.45) is 0.870. The molecule has 1 saturated heterocycles. The number of hydrogen-bond donors (Lipinski definition) is 1. The van der Waals surface area contributed by atoms with E-state index in [2.05, 4.69) is 10.5 Å². The average molecular weight is 315 g/mol. The SMILES string of the molecule is CCOC(=O)C1=NN[C@@H]2C(=O)N(c3ccc(CC)cc3)C(=O)[C@@H]12. The number of benzene rings is 1. The summed E-state index contributed by atoms with van der Waals surface area (Å²) < 4.78 is 4.90. The maximum atomic E-state index is 12.6. The smallest absolute Gasteiger partial charge is 0.355 e. The number of esters is 1. The standard InChI is InChI=1S/C16H17N3O4/c1-3-9-5-7-10(8-6-9)19-14(20)11-12(15(19)21)17-18-13(11)16(22)23-4-2/h5-8,11-12,17H,3-4H2,1-2H3/t11-,12+/m1/s1. The van der Waals surface area contributed by atoms with Crippen LogP contribution in [0.5, 0.6) is 0 Å². The molecule has 2 amide bonds. The molecule has 1 fully saturated rings. The van der Waals surface area contributed by atoms with Gasteiger partial charge in [-0.2, -0.15) is 5.10 Å². The van der Waals surface area contributed by atoms with Crippen molar-refractivity contribution < 1.29 is 19.1 Å². The Hall–Kier alpha value is -2.70. The molecule has 1 aromatic rings. The van der Waals surface area contributed by atoms with Crippen molar-refractivity contribution in [2.24, 2.45) is 11.0 Å². The fraction of sp³-hybridized carbons (Fsp3) is 0.375. The van der Waals surface area contributed by atoms with Crippen molar-refractivity contribution in [2.75, 3.05) is 11.5 Å². The lowest BCUT2D eigenvalue weighted by Gasteiger charge is -2.16. The van der Waals surface area contributed by atoms with Crippen LogP contribution >= 0.6 is 0 Å². The predicted octanol–water partition coefficient (Wildman–Crippen LogP) is 0.629. The number of fused-ring (bicyclic) bond motifs is 1. The topological polar surface area (TPSA) is 88.1 Å². The van der Waals surface area contributed by atoms with Crippen molar-refractivity contribution in [3.05, 3.63) is 29.8 Å². The number of carbonyl (C=O) groups excluding carboxylic acids is 3. The first-order valence-corrected chi connectivity index (χ1v) is 7.55. The van der Waals surface area contributed by atoms with E-state index in [1.54, 1.807) is 19.1 Å². The maximum absolute atomic E-state index is 12.6. The van der Waals surface area contributed by atoms with Gasteiger partial charge in [0.05, 0.1) is 12.3 Å². The first-order chi connectivity index (χ1) is 11.1. The first kappa shape index (κ1) is 15.2. The zero-order valence-electron chi connectivity index (χ0n) is 12.9. The molecule has 0 saturated carbocycles. The number of rotatable bonds is 4. The molecule has 0 bridgehead atoms. The molecule has 7 heteroatoms. The van der Waals surface area contributed by atoms with Gasteiger partial charge in [-0.3, -0.25) is 15.0 Å². The molecule has 2 atom stereocenters. The number of nitrogens with zero attached hydrogens (tertiary/aromatic N) is 2. The summed E-state index contributed by atoms with van der Waals surface area (Å²) in [5.74, 6) is -2.46. The molecule has 23 heavy (non-hydrogen) atoms. The van der Waals surface area contributed by atoms with Crippen molar-refractivity contribution in [2.45, 2.75) is 26.3 Å². The van der Waals surface area contributed by atoms with Crippen LogP contribution in [0, 0.1) is 5.92 Å². The summed E-state index contributed by atoms with van der Waals surface area (Å²) in [6, 6.07) is 6.37. The summed E-state index contributed by atoms with van der Waals surface area (Å²) in [5, 5.41) is 3.82. The molecule has 7 nitrogen and oxygen atoms in total. The lowest BCUT2D eigenvalue weighted by atomic mass is 9.99. The summed E-state index contributed by atoms with van der Waals surface area (Å²) >= 11 is 0. The van der Waals surface area contributed by atoms with E-state index in [1.165, 1.54) is 0 Å². The molecule has 1 N–H and O–H groups in total. The van der Waals surface area contributed by atoms with Crippen molar-refractivity contribution in [3.63, 3.8) is 0 Å². The largest absolute Gasteiger partial charge is 0.461 e. The molecular formula is C16H17N3O4. The maximum Gasteiger partial charge on any atom is 0.355 e. The highest BCUT2D eigenvalue weighted by Crippen LogP contribution is 2.31. The van der Waals surface area contributed by atoms with Crippen molar-refractivity contribution >= 4 is 29.2 Å². The van der Waals surface area contributed by atoms with Gasteiger partial charge in [0, 0.05) is 0 Å². The van der Waals surface area contributed by atoms with Crippen LogP contribution in [0.2, 0.25) is 0 Å². The second kappa shape index (κ2) is 5.83. The fourth-order valence-corrected chi connectivity index (χ4v) is 2.80. The quantitative estimate of drug-likeness (QED) is 0.650. The van der Waals surface area contributed by atoms with Crippen LogP contribution in [0.15, 0.2) is 29.4 Å². The van der Waals surface area contributed by atoms with E-state index in [-0.39, 0.29) is 12.3 Å². The number of imide groups is 1. The normalized spacial score (nSPS) is 22.7. The highest BCUT2D eigenvalue weighted by Gasteiger charge is 2.55. The predicted molar refractivity (Wildman–Crippen MR) is 82.8 cm³/mol. The average Bonchev–Trinajstić information content (AvgIpc) is 3.09. The van der Waals surface area contributed by atoms with Crippen molar-refractivity contribution in [1.29, 1.82) is 0 Å². The third kappa shape index (κ3) is 2.38. The number of ether oxygens (including phenoxy) is 1. The van der Waals surface area contributed by atoms with Crippen LogP contribution in [-0.4, -0.2) is 36.1 Å². The molecule has 120 valence electrons. The Morgan fingerprint density at radius 2 is 1.91 bits per heavy atom. The number of amides is 2. The van der Waals surface area contributed by atoms with Gasteiger partial charge >= 0.3 is 5.97 Å². The second-order valence-electron chi connectivity index (χ2n) is 5.33. The van der Waals surface area contributed by atoms with Gasteiger partial charge in [-0.25, -0.2) is 9.69 Å². The molecule has 0 unspecified atom stereocenters. The van der Waals surface area contributed by atoms with E-state index in [1.807, 2.05) is 19.1 Å². The Kier molecular flexibility index (Phi) is 3.85. The Morgan fingerprint density at radius 3 is 2.52 bits per heavy atom. The van der Waals surface area contributed by atoms with Crippen molar-refractivity contribution in [1.82, 2.24) is 5.43 Å². The molecular weight excluding hydrogens is 298 g/mol. The molecule has 2 heterocycles. The van der Waals surface area contributed by atoms with E-state index < -0.39 is 29.7 Å². The molecule has 2 aliphatic heterocycles. The minimum atomic E-state index is -0.924. The molecule has 0 spiro atoms.